The molecule has 0 amide bonds. The van der Waals surface area contributed by atoms with Crippen molar-refractivity contribution in [2.45, 2.75) is 25.0 Å². The second-order valence-corrected chi connectivity index (χ2v) is 7.13. The minimum Gasteiger partial charge on any atom is -0.391 e. The van der Waals surface area contributed by atoms with Gasteiger partial charge in [0.2, 0.25) is 5.95 Å². The minimum atomic E-state index is -0.400. The van der Waals surface area contributed by atoms with Gasteiger partial charge in [-0.2, -0.15) is 9.78 Å². The van der Waals surface area contributed by atoms with Crippen LogP contribution in [0, 0.1) is 11.8 Å². The molecule has 0 bridgehead atoms. The zero-order valence-electron chi connectivity index (χ0n) is 14.2. The molecule has 5 rings (SSSR count). The summed E-state index contributed by atoms with van der Waals surface area (Å²) in [6.07, 6.45) is 4.46. The van der Waals surface area contributed by atoms with Gasteiger partial charge in [0.1, 0.15) is 12.7 Å². The van der Waals surface area contributed by atoms with Crippen LogP contribution in [0.1, 0.15) is 18.9 Å². The average molecular weight is 352 g/mol. The fourth-order valence-electron chi connectivity index (χ4n) is 4.36. The Kier molecular flexibility index (Phi) is 3.66. The first-order valence-corrected chi connectivity index (χ1v) is 8.90. The summed E-state index contributed by atoms with van der Waals surface area (Å²) in [5.74, 6) is 1.68. The van der Waals surface area contributed by atoms with E-state index in [2.05, 4.69) is 30.5 Å². The maximum atomic E-state index is 10.6. The number of para-hydroxylation sites is 1. The Morgan fingerprint density at radius 3 is 2.62 bits per heavy atom. The van der Waals surface area contributed by atoms with Crippen molar-refractivity contribution in [3.8, 4) is 5.69 Å². The van der Waals surface area contributed by atoms with Crippen LogP contribution in [0.3, 0.4) is 0 Å². The number of rotatable bonds is 3. The molecule has 1 N–H and O–H groups in total. The lowest BCUT2D eigenvalue weighted by molar-refractivity contribution is 0.0305. The van der Waals surface area contributed by atoms with Crippen molar-refractivity contribution in [1.29, 1.82) is 0 Å². The summed E-state index contributed by atoms with van der Waals surface area (Å²) in [4.78, 5) is 6.25. The van der Waals surface area contributed by atoms with E-state index in [0.29, 0.717) is 11.8 Å². The molecule has 1 saturated carbocycles. The third-order valence-electron chi connectivity index (χ3n) is 5.62. The van der Waals surface area contributed by atoms with Crippen molar-refractivity contribution in [3.05, 3.63) is 43.0 Å². The number of aromatic nitrogens is 7. The molecule has 0 unspecified atom stereocenters. The molecule has 2 aromatic heterocycles. The van der Waals surface area contributed by atoms with E-state index in [4.69, 9.17) is 0 Å². The van der Waals surface area contributed by atoms with Crippen molar-refractivity contribution in [1.82, 2.24) is 35.0 Å². The Labute approximate surface area is 150 Å². The van der Waals surface area contributed by atoms with E-state index in [9.17, 15) is 5.11 Å². The summed E-state index contributed by atoms with van der Waals surface area (Å²) in [5, 5.41) is 27.1. The molecule has 1 aromatic carbocycles. The van der Waals surface area contributed by atoms with E-state index in [0.717, 1.165) is 37.6 Å². The molecule has 134 valence electrons. The van der Waals surface area contributed by atoms with Crippen LogP contribution in [0.4, 0.5) is 5.95 Å². The predicted molar refractivity (Wildman–Crippen MR) is 92.6 cm³/mol. The van der Waals surface area contributed by atoms with E-state index in [1.165, 1.54) is 6.33 Å². The molecule has 0 spiro atoms. The Bertz CT molecular complexity index is 864. The van der Waals surface area contributed by atoms with E-state index < -0.39 is 6.10 Å². The maximum absolute atomic E-state index is 10.6. The van der Waals surface area contributed by atoms with Gasteiger partial charge in [-0.25, -0.2) is 9.67 Å². The van der Waals surface area contributed by atoms with Gasteiger partial charge in [0.25, 0.3) is 0 Å². The van der Waals surface area contributed by atoms with Crippen molar-refractivity contribution in [3.63, 3.8) is 0 Å². The molecule has 2 aliphatic rings. The molecule has 26 heavy (non-hydrogen) atoms. The smallest absolute Gasteiger partial charge is 0.250 e. The number of tetrazole rings is 1. The van der Waals surface area contributed by atoms with Crippen molar-refractivity contribution in [2.75, 3.05) is 18.0 Å². The summed E-state index contributed by atoms with van der Waals surface area (Å²) in [6.45, 7) is 1.74. The first kappa shape index (κ1) is 15.4. The maximum Gasteiger partial charge on any atom is 0.250 e. The minimum absolute atomic E-state index is 0.0104. The predicted octanol–water partition coefficient (Wildman–Crippen LogP) is 0.702. The van der Waals surface area contributed by atoms with Crippen LogP contribution in [-0.4, -0.2) is 59.3 Å². The number of aliphatic hydroxyl groups excluding tert-OH is 1. The standard InChI is InChI=1S/C17H20N8O/c26-16-7-13-9-23(8-12(13)6-15(16)24-11-18-10-19-24)17-20-21-22-25(17)14-4-2-1-3-5-14/h1-5,10-13,15-16,26H,6-9H2/t12-,13+,15-,16-/m1/s1. The van der Waals surface area contributed by atoms with E-state index >= 15 is 0 Å². The lowest BCUT2D eigenvalue weighted by atomic mass is 9.77. The van der Waals surface area contributed by atoms with Gasteiger partial charge in [-0.1, -0.05) is 23.3 Å². The van der Waals surface area contributed by atoms with E-state index in [-0.39, 0.29) is 6.04 Å². The van der Waals surface area contributed by atoms with Crippen LogP contribution >= 0.6 is 0 Å². The number of hydrogen-bond donors (Lipinski definition) is 1. The summed E-state index contributed by atoms with van der Waals surface area (Å²) in [6, 6.07) is 9.90. The van der Waals surface area contributed by atoms with E-state index in [1.54, 1.807) is 15.7 Å². The number of anilines is 1. The van der Waals surface area contributed by atoms with Crippen LogP contribution < -0.4 is 4.90 Å². The third kappa shape index (κ3) is 2.55. The molecular formula is C17H20N8O. The largest absolute Gasteiger partial charge is 0.391 e. The van der Waals surface area contributed by atoms with Gasteiger partial charge >= 0.3 is 0 Å². The molecule has 0 radical (unpaired) electrons. The number of aliphatic hydroxyl groups is 1. The first-order chi connectivity index (χ1) is 12.8. The van der Waals surface area contributed by atoms with Gasteiger partial charge in [0.15, 0.2) is 0 Å². The van der Waals surface area contributed by atoms with Crippen LogP contribution in [0.5, 0.6) is 0 Å². The monoisotopic (exact) mass is 352 g/mol. The van der Waals surface area contributed by atoms with Gasteiger partial charge in [-0.05, 0) is 47.2 Å². The lowest BCUT2D eigenvalue weighted by Crippen LogP contribution is -2.36. The Hall–Kier alpha value is -2.81. The Morgan fingerprint density at radius 2 is 1.85 bits per heavy atom. The zero-order chi connectivity index (χ0) is 17.5. The van der Waals surface area contributed by atoms with Gasteiger partial charge in [-0.3, -0.25) is 0 Å². The molecule has 3 heterocycles. The topological polar surface area (TPSA) is 97.8 Å². The van der Waals surface area contributed by atoms with Crippen LogP contribution in [0.25, 0.3) is 5.69 Å². The summed E-state index contributed by atoms with van der Waals surface area (Å²) in [5.41, 5.74) is 0.947. The van der Waals surface area contributed by atoms with Crippen molar-refractivity contribution in [2.24, 2.45) is 11.8 Å². The van der Waals surface area contributed by atoms with Crippen LogP contribution in [0.15, 0.2) is 43.0 Å². The molecule has 1 aliphatic carbocycles. The average Bonchev–Trinajstić information content (AvgIpc) is 3.41. The van der Waals surface area contributed by atoms with Crippen LogP contribution in [0.2, 0.25) is 0 Å². The normalized spacial score (nSPS) is 28.3. The summed E-state index contributed by atoms with van der Waals surface area (Å²) in [7, 11) is 0. The highest BCUT2D eigenvalue weighted by Gasteiger charge is 2.43. The van der Waals surface area contributed by atoms with Crippen molar-refractivity contribution >= 4 is 5.95 Å². The number of fused-ring (bicyclic) bond motifs is 1. The number of nitrogens with zero attached hydrogens (tertiary/aromatic N) is 8. The fourth-order valence-corrected chi connectivity index (χ4v) is 4.36. The van der Waals surface area contributed by atoms with Crippen molar-refractivity contribution < 1.29 is 5.11 Å². The van der Waals surface area contributed by atoms with Gasteiger partial charge in [-0.15, -0.1) is 0 Å². The fraction of sp³-hybridized carbons (Fsp3) is 0.471. The second kappa shape index (κ2) is 6.17. The number of hydrogen-bond acceptors (Lipinski definition) is 7. The second-order valence-electron chi connectivity index (χ2n) is 7.13. The molecule has 9 heteroatoms. The highest BCUT2D eigenvalue weighted by Crippen LogP contribution is 2.42. The Balaban J connectivity index is 1.38. The molecule has 1 aliphatic heterocycles. The molecule has 9 nitrogen and oxygen atoms in total. The van der Waals surface area contributed by atoms with Gasteiger partial charge in [0, 0.05) is 13.1 Å². The molecule has 3 aromatic rings. The van der Waals surface area contributed by atoms with Gasteiger partial charge < -0.3 is 10.0 Å². The quantitative estimate of drug-likeness (QED) is 0.741. The van der Waals surface area contributed by atoms with E-state index in [1.807, 2.05) is 30.3 Å². The molecule has 4 atom stereocenters. The van der Waals surface area contributed by atoms with Gasteiger partial charge in [0.05, 0.1) is 17.8 Å². The highest BCUT2D eigenvalue weighted by atomic mass is 16.3. The first-order valence-electron chi connectivity index (χ1n) is 8.90. The molecule has 1 saturated heterocycles. The van der Waals surface area contributed by atoms with Crippen LogP contribution in [-0.2, 0) is 0 Å². The summed E-state index contributed by atoms with van der Waals surface area (Å²) < 4.78 is 3.57. The molecule has 2 fully saturated rings. The SMILES string of the molecule is O[C@@H]1C[C@H]2CN(c3nnnn3-c3ccccc3)C[C@H]2C[C@H]1n1cncn1. The number of benzene rings is 1. The highest BCUT2D eigenvalue weighted by molar-refractivity contribution is 5.41. The third-order valence-corrected chi connectivity index (χ3v) is 5.62. The Morgan fingerprint density at radius 1 is 1.04 bits per heavy atom. The lowest BCUT2D eigenvalue weighted by Gasteiger charge is -2.34. The summed E-state index contributed by atoms with van der Waals surface area (Å²) >= 11 is 0. The zero-order valence-corrected chi connectivity index (χ0v) is 14.2. The molecular weight excluding hydrogens is 332 g/mol.